The van der Waals surface area contributed by atoms with Crippen molar-refractivity contribution in [1.29, 1.82) is 0 Å². The molecule has 1 fully saturated rings. The van der Waals surface area contributed by atoms with E-state index in [0.29, 0.717) is 25.5 Å². The fourth-order valence-electron chi connectivity index (χ4n) is 3.52. The van der Waals surface area contributed by atoms with E-state index in [2.05, 4.69) is 52.5 Å². The number of alkyl halides is 1. The fraction of sp³-hybridized carbons (Fsp3) is 0.682. The number of alkyl carbamates (subject to hydrolysis) is 1. The van der Waals surface area contributed by atoms with Crippen LogP contribution in [0.15, 0.2) is 12.4 Å². The lowest BCUT2D eigenvalue weighted by molar-refractivity contribution is 0.0463. The van der Waals surface area contributed by atoms with Gasteiger partial charge in [0, 0.05) is 27.4 Å². The molecular formula is C22H35FIN5O3Si. The lowest BCUT2D eigenvalue weighted by atomic mass is 10.0. The van der Waals surface area contributed by atoms with Crippen molar-refractivity contribution < 1.29 is 18.7 Å². The van der Waals surface area contributed by atoms with Gasteiger partial charge in [0.2, 0.25) is 0 Å². The number of rotatable bonds is 7. The monoisotopic (exact) mass is 591 g/mol. The number of aromatic nitrogens is 3. The van der Waals surface area contributed by atoms with Gasteiger partial charge < -0.3 is 24.3 Å². The third-order valence-corrected chi connectivity index (χ3v) is 7.80. The number of carbonyl (C=O) groups is 1. The highest BCUT2D eigenvalue weighted by Gasteiger charge is 2.32. The van der Waals surface area contributed by atoms with Gasteiger partial charge in [-0.2, -0.15) is 0 Å². The van der Waals surface area contributed by atoms with Gasteiger partial charge in [0.15, 0.2) is 5.65 Å². The van der Waals surface area contributed by atoms with Gasteiger partial charge in [-0.25, -0.2) is 19.2 Å². The minimum atomic E-state index is -1.24. The summed E-state index contributed by atoms with van der Waals surface area (Å²) in [6, 6.07) is 0.516. The van der Waals surface area contributed by atoms with Crippen LogP contribution in [0.3, 0.4) is 0 Å². The second-order valence-electron chi connectivity index (χ2n) is 10.7. The van der Waals surface area contributed by atoms with E-state index in [0.717, 1.165) is 27.4 Å². The molecule has 184 valence electrons. The number of carbonyl (C=O) groups excluding carboxylic acids is 1. The van der Waals surface area contributed by atoms with Crippen molar-refractivity contribution in [2.45, 2.75) is 77.4 Å². The van der Waals surface area contributed by atoms with Crippen LogP contribution in [0, 0.1) is 3.57 Å². The predicted octanol–water partition coefficient (Wildman–Crippen LogP) is 4.79. The maximum Gasteiger partial charge on any atom is 0.407 e. The standard InChI is InChI=1S/C22H35FIN5O3Si/c1-22(2,3)32-21(30)26-17-7-8-28(12-15(17)23)18-11-25-19-16(24)13-29(20(19)27-18)14-31-9-10-33(4,5)6/h11,13,15,17H,7-10,12,14H2,1-6H3,(H,26,30)/t15-,17+/m1/s1. The summed E-state index contributed by atoms with van der Waals surface area (Å²) in [5.41, 5.74) is 0.924. The maximum atomic E-state index is 14.9. The molecule has 11 heteroatoms. The largest absolute Gasteiger partial charge is 0.444 e. The number of anilines is 1. The summed E-state index contributed by atoms with van der Waals surface area (Å²) in [7, 11) is -1.15. The number of amides is 1. The predicted molar refractivity (Wildman–Crippen MR) is 139 cm³/mol. The zero-order valence-electron chi connectivity index (χ0n) is 20.3. The number of ether oxygens (including phenoxy) is 2. The summed E-state index contributed by atoms with van der Waals surface area (Å²) >= 11 is 2.25. The van der Waals surface area contributed by atoms with Crippen molar-refractivity contribution in [3.05, 3.63) is 16.0 Å². The third-order valence-electron chi connectivity index (χ3n) is 5.30. The van der Waals surface area contributed by atoms with Crippen molar-refractivity contribution in [3.63, 3.8) is 0 Å². The average Bonchev–Trinajstić information content (AvgIpc) is 3.00. The van der Waals surface area contributed by atoms with Gasteiger partial charge in [0.25, 0.3) is 0 Å². The lowest BCUT2D eigenvalue weighted by Crippen LogP contribution is -2.53. The van der Waals surface area contributed by atoms with Gasteiger partial charge in [-0.1, -0.05) is 19.6 Å². The van der Waals surface area contributed by atoms with E-state index in [-0.39, 0.29) is 6.54 Å². The van der Waals surface area contributed by atoms with Crippen LogP contribution >= 0.6 is 22.6 Å². The van der Waals surface area contributed by atoms with Crippen molar-refractivity contribution >= 4 is 53.7 Å². The highest BCUT2D eigenvalue weighted by Crippen LogP contribution is 2.25. The average molecular weight is 592 g/mol. The number of halogens is 2. The van der Waals surface area contributed by atoms with Crippen molar-refractivity contribution in [2.24, 2.45) is 0 Å². The van der Waals surface area contributed by atoms with E-state index in [1.165, 1.54) is 0 Å². The minimum absolute atomic E-state index is 0.130. The molecule has 0 aromatic carbocycles. The summed E-state index contributed by atoms with van der Waals surface area (Å²) in [6.07, 6.45) is 2.30. The van der Waals surface area contributed by atoms with Crippen LogP contribution in [0.2, 0.25) is 25.7 Å². The molecule has 0 unspecified atom stereocenters. The molecule has 1 saturated heterocycles. The smallest absolute Gasteiger partial charge is 0.407 e. The number of nitrogens with one attached hydrogen (secondary N) is 1. The van der Waals surface area contributed by atoms with E-state index in [9.17, 15) is 9.18 Å². The number of nitrogens with zero attached hydrogens (tertiary/aromatic N) is 4. The molecule has 0 radical (unpaired) electrons. The molecule has 1 aliphatic rings. The Hall–Kier alpha value is -1.47. The topological polar surface area (TPSA) is 81.5 Å². The lowest BCUT2D eigenvalue weighted by Gasteiger charge is -2.35. The molecule has 33 heavy (non-hydrogen) atoms. The van der Waals surface area contributed by atoms with Crippen molar-refractivity contribution in [2.75, 3.05) is 24.6 Å². The Labute approximate surface area is 209 Å². The molecule has 1 N–H and O–H groups in total. The molecule has 3 rings (SSSR count). The molecule has 1 amide bonds. The fourth-order valence-corrected chi connectivity index (χ4v) is 5.00. The number of hydrogen-bond acceptors (Lipinski definition) is 6. The molecule has 3 heterocycles. The summed E-state index contributed by atoms with van der Waals surface area (Å²) in [6.45, 7) is 14.2. The summed E-state index contributed by atoms with van der Waals surface area (Å²) in [5, 5.41) is 2.66. The Bertz CT molecular complexity index is 975. The van der Waals surface area contributed by atoms with Gasteiger partial charge in [0.05, 0.1) is 22.4 Å². The maximum absolute atomic E-state index is 14.9. The van der Waals surface area contributed by atoms with Crippen LogP contribution in [0.1, 0.15) is 27.2 Å². The molecule has 1 aliphatic heterocycles. The van der Waals surface area contributed by atoms with Crippen LogP contribution in [0.4, 0.5) is 15.0 Å². The molecule has 0 spiro atoms. The summed E-state index contributed by atoms with van der Waals surface area (Å²) in [4.78, 5) is 23.3. The SMILES string of the molecule is CC(C)(C)OC(=O)N[C@H]1CCN(c2cnc3c(I)cn(COCC[Si](C)(C)C)c3n2)C[C@H]1F. The zero-order valence-corrected chi connectivity index (χ0v) is 23.5. The zero-order chi connectivity index (χ0) is 24.4. The molecular weight excluding hydrogens is 556 g/mol. The first-order valence-corrected chi connectivity index (χ1v) is 16.1. The summed E-state index contributed by atoms with van der Waals surface area (Å²) in [5.74, 6) is 0.624. The van der Waals surface area contributed by atoms with Crippen LogP contribution in [0.5, 0.6) is 0 Å². The number of fused-ring (bicyclic) bond motifs is 1. The summed E-state index contributed by atoms with van der Waals surface area (Å²) < 4.78 is 29.0. The Morgan fingerprint density at radius 1 is 1.36 bits per heavy atom. The van der Waals surface area contributed by atoms with E-state index in [1.807, 2.05) is 15.7 Å². The van der Waals surface area contributed by atoms with Crippen LogP contribution in [-0.2, 0) is 16.2 Å². The third kappa shape index (κ3) is 7.51. The Kier molecular flexibility index (Phi) is 8.26. The molecule has 0 saturated carbocycles. The van der Waals surface area contributed by atoms with Gasteiger partial charge in [-0.15, -0.1) is 0 Å². The molecule has 8 nitrogen and oxygen atoms in total. The quantitative estimate of drug-likeness (QED) is 0.284. The normalized spacial score (nSPS) is 19.7. The van der Waals surface area contributed by atoms with Gasteiger partial charge in [0.1, 0.15) is 29.8 Å². The highest BCUT2D eigenvalue weighted by atomic mass is 127. The number of piperidine rings is 1. The van der Waals surface area contributed by atoms with E-state index >= 15 is 0 Å². The van der Waals surface area contributed by atoms with Gasteiger partial charge >= 0.3 is 6.09 Å². The minimum Gasteiger partial charge on any atom is -0.444 e. The molecule has 2 aromatic rings. The van der Waals surface area contributed by atoms with Crippen LogP contribution < -0.4 is 10.2 Å². The first-order valence-electron chi connectivity index (χ1n) is 11.3. The molecule has 0 aliphatic carbocycles. The molecule has 2 atom stereocenters. The van der Waals surface area contributed by atoms with Crippen LogP contribution in [-0.4, -0.2) is 66.2 Å². The first kappa shape index (κ1) is 26.1. The molecule has 2 aromatic heterocycles. The van der Waals surface area contributed by atoms with Gasteiger partial charge in [-0.05, 0) is 55.8 Å². The van der Waals surface area contributed by atoms with Crippen molar-refractivity contribution in [3.8, 4) is 0 Å². The Balaban J connectivity index is 1.65. The number of hydrogen-bond donors (Lipinski definition) is 1. The first-order chi connectivity index (χ1) is 15.3. The van der Waals surface area contributed by atoms with Gasteiger partial charge in [-0.3, -0.25) is 0 Å². The molecule has 0 bridgehead atoms. The Morgan fingerprint density at radius 3 is 2.73 bits per heavy atom. The second-order valence-corrected chi connectivity index (χ2v) is 17.5. The van der Waals surface area contributed by atoms with Crippen LogP contribution in [0.25, 0.3) is 11.2 Å². The Morgan fingerprint density at radius 2 is 2.09 bits per heavy atom. The highest BCUT2D eigenvalue weighted by molar-refractivity contribution is 14.1. The van der Waals surface area contributed by atoms with E-state index in [4.69, 9.17) is 14.5 Å². The van der Waals surface area contributed by atoms with Crippen molar-refractivity contribution in [1.82, 2.24) is 19.9 Å². The van der Waals surface area contributed by atoms with E-state index < -0.39 is 32.0 Å². The van der Waals surface area contributed by atoms with E-state index in [1.54, 1.807) is 27.0 Å². The second kappa shape index (κ2) is 10.4.